The Morgan fingerprint density at radius 3 is 2.72 bits per heavy atom. The summed E-state index contributed by atoms with van der Waals surface area (Å²) in [6, 6.07) is 5.41. The molecule has 2 aromatic rings. The van der Waals surface area contributed by atoms with E-state index in [1.165, 1.54) is 4.57 Å². The highest BCUT2D eigenvalue weighted by atomic mass is 16.4. The minimum Gasteiger partial charge on any atom is -0.408 e. The zero-order chi connectivity index (χ0) is 13.5. The van der Waals surface area contributed by atoms with Gasteiger partial charge >= 0.3 is 5.76 Å². The number of rotatable bonds is 3. The summed E-state index contributed by atoms with van der Waals surface area (Å²) in [5.74, 6) is -0.383. The molecule has 4 nitrogen and oxygen atoms in total. The first-order valence-electron chi connectivity index (χ1n) is 6.14. The van der Waals surface area contributed by atoms with Gasteiger partial charge in [0.05, 0.1) is 11.6 Å². The number of nitrogens with zero attached hydrogens (tertiary/aromatic N) is 1. The lowest BCUT2D eigenvalue weighted by Crippen LogP contribution is -2.20. The first-order chi connectivity index (χ1) is 8.36. The number of benzene rings is 1. The number of aliphatic hydroxyl groups is 1. The fraction of sp³-hybridized carbons (Fsp3) is 0.500. The monoisotopic (exact) mass is 249 g/mol. The van der Waals surface area contributed by atoms with E-state index in [0.717, 1.165) is 17.5 Å². The van der Waals surface area contributed by atoms with Gasteiger partial charge in [0, 0.05) is 7.05 Å². The van der Waals surface area contributed by atoms with Crippen LogP contribution in [-0.2, 0) is 7.05 Å². The van der Waals surface area contributed by atoms with Gasteiger partial charge in [-0.25, -0.2) is 4.79 Å². The van der Waals surface area contributed by atoms with Gasteiger partial charge in [0.2, 0.25) is 0 Å². The quantitative estimate of drug-likeness (QED) is 0.909. The predicted molar refractivity (Wildman–Crippen MR) is 70.5 cm³/mol. The van der Waals surface area contributed by atoms with Crippen LogP contribution in [0, 0.1) is 5.41 Å². The Morgan fingerprint density at radius 1 is 1.44 bits per heavy atom. The van der Waals surface area contributed by atoms with Gasteiger partial charge in [0.1, 0.15) is 0 Å². The molecule has 0 fully saturated rings. The molecule has 0 aliphatic heterocycles. The number of fused-ring (bicyclic) bond motifs is 1. The number of aliphatic hydroxyl groups excluding tert-OH is 1. The Labute approximate surface area is 106 Å². The van der Waals surface area contributed by atoms with Crippen molar-refractivity contribution in [2.45, 2.75) is 33.3 Å². The minimum absolute atomic E-state index is 0.206. The van der Waals surface area contributed by atoms with Crippen molar-refractivity contribution in [3.8, 4) is 0 Å². The molecule has 0 aliphatic carbocycles. The molecule has 98 valence electrons. The maximum Gasteiger partial charge on any atom is 0.419 e. The Kier molecular flexibility index (Phi) is 3.07. The number of aryl methyl sites for hydroxylation is 1. The van der Waals surface area contributed by atoms with Gasteiger partial charge in [0.25, 0.3) is 0 Å². The Balaban J connectivity index is 2.51. The molecule has 0 radical (unpaired) electrons. The number of hydrogen-bond acceptors (Lipinski definition) is 3. The molecule has 0 spiro atoms. The van der Waals surface area contributed by atoms with E-state index in [2.05, 4.69) is 0 Å². The molecule has 0 bridgehead atoms. The Morgan fingerprint density at radius 2 is 2.11 bits per heavy atom. The molecular formula is C14H19NO3. The van der Waals surface area contributed by atoms with E-state index in [4.69, 9.17) is 4.42 Å². The van der Waals surface area contributed by atoms with Crippen molar-refractivity contribution in [2.24, 2.45) is 12.5 Å². The average molecular weight is 249 g/mol. The van der Waals surface area contributed by atoms with Crippen molar-refractivity contribution in [3.05, 3.63) is 34.3 Å². The Bertz CT molecular complexity index is 621. The van der Waals surface area contributed by atoms with Gasteiger partial charge in [-0.05, 0) is 29.5 Å². The summed E-state index contributed by atoms with van der Waals surface area (Å²) < 4.78 is 6.59. The predicted octanol–water partition coefficient (Wildman–Crippen LogP) is 2.60. The second kappa shape index (κ2) is 4.28. The van der Waals surface area contributed by atoms with E-state index < -0.39 is 6.10 Å². The van der Waals surface area contributed by atoms with Gasteiger partial charge in [-0.15, -0.1) is 0 Å². The third-order valence-corrected chi connectivity index (χ3v) is 3.78. The maximum absolute atomic E-state index is 11.4. The minimum atomic E-state index is -0.572. The second-order valence-electron chi connectivity index (χ2n) is 5.40. The van der Waals surface area contributed by atoms with Crippen LogP contribution < -0.4 is 5.76 Å². The summed E-state index contributed by atoms with van der Waals surface area (Å²) in [6.45, 7) is 6.08. The molecule has 18 heavy (non-hydrogen) atoms. The molecule has 1 heterocycles. The van der Waals surface area contributed by atoms with Crippen LogP contribution in [0.1, 0.15) is 38.9 Å². The topological polar surface area (TPSA) is 55.4 Å². The average Bonchev–Trinajstić information content (AvgIpc) is 2.63. The molecule has 0 saturated carbocycles. The number of aromatic nitrogens is 1. The van der Waals surface area contributed by atoms with E-state index in [-0.39, 0.29) is 11.2 Å². The molecule has 0 aliphatic rings. The van der Waals surface area contributed by atoms with E-state index in [9.17, 15) is 9.90 Å². The van der Waals surface area contributed by atoms with Crippen LogP contribution in [0.5, 0.6) is 0 Å². The first kappa shape index (κ1) is 12.9. The van der Waals surface area contributed by atoms with Crippen LogP contribution in [0.4, 0.5) is 0 Å². The summed E-state index contributed by atoms with van der Waals surface area (Å²) in [6.07, 6.45) is 0.294. The van der Waals surface area contributed by atoms with Crippen LogP contribution in [0.25, 0.3) is 11.1 Å². The highest BCUT2D eigenvalue weighted by molar-refractivity contribution is 5.73. The molecule has 0 saturated heterocycles. The lowest BCUT2D eigenvalue weighted by Gasteiger charge is -2.29. The first-order valence-corrected chi connectivity index (χ1v) is 6.14. The normalized spacial score (nSPS) is 14.1. The lowest BCUT2D eigenvalue weighted by atomic mass is 9.80. The highest BCUT2D eigenvalue weighted by Crippen LogP contribution is 2.36. The maximum atomic E-state index is 11.4. The fourth-order valence-corrected chi connectivity index (χ4v) is 1.97. The van der Waals surface area contributed by atoms with E-state index >= 15 is 0 Å². The summed E-state index contributed by atoms with van der Waals surface area (Å²) in [7, 11) is 1.67. The Hall–Kier alpha value is -1.55. The van der Waals surface area contributed by atoms with Gasteiger partial charge in [0.15, 0.2) is 5.58 Å². The van der Waals surface area contributed by atoms with Crippen molar-refractivity contribution in [1.29, 1.82) is 0 Å². The molecular weight excluding hydrogens is 230 g/mol. The smallest absolute Gasteiger partial charge is 0.408 e. The highest BCUT2D eigenvalue weighted by Gasteiger charge is 2.27. The van der Waals surface area contributed by atoms with Gasteiger partial charge in [-0.1, -0.05) is 26.8 Å². The van der Waals surface area contributed by atoms with Crippen LogP contribution in [0.2, 0.25) is 0 Å². The van der Waals surface area contributed by atoms with Crippen LogP contribution >= 0.6 is 0 Å². The van der Waals surface area contributed by atoms with Crippen LogP contribution in [0.3, 0.4) is 0 Å². The second-order valence-corrected chi connectivity index (χ2v) is 5.40. The van der Waals surface area contributed by atoms with Gasteiger partial charge in [-0.3, -0.25) is 4.57 Å². The summed E-state index contributed by atoms with van der Waals surface area (Å²) in [5.41, 5.74) is 1.84. The number of hydrogen-bond donors (Lipinski definition) is 1. The summed E-state index contributed by atoms with van der Waals surface area (Å²) >= 11 is 0. The molecule has 2 rings (SSSR count). The zero-order valence-electron chi connectivity index (χ0n) is 11.2. The molecule has 0 amide bonds. The zero-order valence-corrected chi connectivity index (χ0v) is 11.2. The van der Waals surface area contributed by atoms with Gasteiger partial charge < -0.3 is 9.52 Å². The number of oxazole rings is 1. The van der Waals surface area contributed by atoms with E-state index in [1.54, 1.807) is 13.1 Å². The van der Waals surface area contributed by atoms with Crippen LogP contribution in [-0.4, -0.2) is 9.67 Å². The SMILES string of the molecule is CCC(C)(C)C(O)c1ccc2c(c1)oc(=O)n2C. The third-order valence-electron chi connectivity index (χ3n) is 3.78. The molecule has 1 aromatic carbocycles. The molecule has 1 N–H and O–H groups in total. The van der Waals surface area contributed by atoms with Crippen molar-refractivity contribution in [2.75, 3.05) is 0 Å². The van der Waals surface area contributed by atoms with E-state index in [1.807, 2.05) is 32.9 Å². The largest absolute Gasteiger partial charge is 0.419 e. The van der Waals surface area contributed by atoms with Crippen molar-refractivity contribution < 1.29 is 9.52 Å². The van der Waals surface area contributed by atoms with Crippen LogP contribution in [0.15, 0.2) is 27.4 Å². The molecule has 1 atom stereocenters. The molecule has 1 aromatic heterocycles. The van der Waals surface area contributed by atoms with Crippen molar-refractivity contribution >= 4 is 11.1 Å². The van der Waals surface area contributed by atoms with E-state index in [0.29, 0.717) is 5.58 Å². The standard InChI is InChI=1S/C14H19NO3/c1-5-14(2,3)12(16)9-6-7-10-11(8-9)18-13(17)15(10)4/h6-8,12,16H,5H2,1-4H3. The van der Waals surface area contributed by atoms with Crippen molar-refractivity contribution in [3.63, 3.8) is 0 Å². The lowest BCUT2D eigenvalue weighted by molar-refractivity contribution is 0.0466. The summed E-state index contributed by atoms with van der Waals surface area (Å²) in [5, 5.41) is 10.4. The molecule has 1 unspecified atom stereocenters. The fourth-order valence-electron chi connectivity index (χ4n) is 1.97. The third kappa shape index (κ3) is 1.97. The van der Waals surface area contributed by atoms with Crippen molar-refractivity contribution in [1.82, 2.24) is 4.57 Å². The summed E-state index contributed by atoms with van der Waals surface area (Å²) in [4.78, 5) is 11.4. The molecule has 4 heteroatoms. The van der Waals surface area contributed by atoms with Gasteiger partial charge in [-0.2, -0.15) is 0 Å².